The van der Waals surface area contributed by atoms with Crippen molar-refractivity contribution in [2.45, 2.75) is 13.0 Å². The Balaban J connectivity index is 1.48. The van der Waals surface area contributed by atoms with E-state index in [-0.39, 0.29) is 12.1 Å². The van der Waals surface area contributed by atoms with Crippen molar-refractivity contribution < 1.29 is 14.3 Å². The molecule has 0 atom stereocenters. The largest absolute Gasteiger partial charge is 0.448 e. The molecule has 0 bridgehead atoms. The molecule has 0 radical (unpaired) electrons. The highest BCUT2D eigenvalue weighted by Crippen LogP contribution is 2.15. The molecule has 3 amide bonds. The van der Waals surface area contributed by atoms with E-state index in [0.29, 0.717) is 31.9 Å². The number of benzene rings is 1. The Bertz CT molecular complexity index is 703. The number of nitrogens with zero attached hydrogens (tertiary/aromatic N) is 1. The fourth-order valence-corrected chi connectivity index (χ4v) is 3.18. The fourth-order valence-electron chi connectivity index (χ4n) is 2.47. The predicted octanol–water partition coefficient (Wildman–Crippen LogP) is 3.06. The van der Waals surface area contributed by atoms with E-state index in [0.717, 1.165) is 12.0 Å². The average molecular weight is 345 g/mol. The van der Waals surface area contributed by atoms with Gasteiger partial charge < -0.3 is 20.3 Å². The number of anilines is 1. The third-order valence-corrected chi connectivity index (χ3v) is 4.58. The predicted molar refractivity (Wildman–Crippen MR) is 93.2 cm³/mol. The topological polar surface area (TPSA) is 70.7 Å². The van der Waals surface area contributed by atoms with Crippen LogP contribution in [0.3, 0.4) is 0 Å². The van der Waals surface area contributed by atoms with Crippen LogP contribution in [0.25, 0.3) is 0 Å². The second-order valence-corrected chi connectivity index (χ2v) is 6.48. The summed E-state index contributed by atoms with van der Waals surface area (Å²) in [5.74, 6) is 0. The van der Waals surface area contributed by atoms with Gasteiger partial charge in [0.1, 0.15) is 6.61 Å². The Morgan fingerprint density at radius 1 is 1.29 bits per heavy atom. The maximum atomic E-state index is 11.9. The first-order valence-electron chi connectivity index (χ1n) is 7.78. The van der Waals surface area contributed by atoms with E-state index in [2.05, 4.69) is 16.7 Å². The molecule has 6 nitrogen and oxygen atoms in total. The molecule has 24 heavy (non-hydrogen) atoms. The molecule has 2 aromatic rings. The van der Waals surface area contributed by atoms with E-state index in [4.69, 9.17) is 4.74 Å². The SMILES string of the molecule is O=C(NCCc1cccs1)Nc1cccc(CN2CCOC2=O)c1. The first-order valence-corrected chi connectivity index (χ1v) is 8.66. The van der Waals surface area contributed by atoms with Gasteiger partial charge in [0, 0.05) is 23.7 Å². The monoisotopic (exact) mass is 345 g/mol. The third kappa shape index (κ3) is 4.48. The Labute approximate surface area is 144 Å². The first kappa shape index (κ1) is 16.3. The van der Waals surface area contributed by atoms with Gasteiger partial charge >= 0.3 is 12.1 Å². The lowest BCUT2D eigenvalue weighted by Crippen LogP contribution is -2.30. The number of hydrogen-bond donors (Lipinski definition) is 2. The van der Waals surface area contributed by atoms with Gasteiger partial charge in [0.15, 0.2) is 0 Å². The van der Waals surface area contributed by atoms with Gasteiger partial charge in [0.2, 0.25) is 0 Å². The minimum Gasteiger partial charge on any atom is -0.448 e. The van der Waals surface area contributed by atoms with Crippen LogP contribution in [0.2, 0.25) is 0 Å². The van der Waals surface area contributed by atoms with Crippen LogP contribution in [0.15, 0.2) is 41.8 Å². The van der Waals surface area contributed by atoms with Crippen LogP contribution < -0.4 is 10.6 Å². The summed E-state index contributed by atoms with van der Waals surface area (Å²) >= 11 is 1.68. The Hall–Kier alpha value is -2.54. The van der Waals surface area contributed by atoms with Crippen LogP contribution >= 0.6 is 11.3 Å². The molecule has 7 heteroatoms. The second kappa shape index (κ2) is 7.83. The standard InChI is InChI=1S/C17H19N3O3S/c21-16(18-7-6-15-5-2-10-24-15)19-14-4-1-3-13(11-14)12-20-8-9-23-17(20)22/h1-5,10-11H,6-9,12H2,(H2,18,19,21). The molecule has 1 aromatic carbocycles. The number of thiophene rings is 1. The average Bonchev–Trinajstić information content (AvgIpc) is 3.20. The number of carbonyl (C=O) groups is 2. The first-order chi connectivity index (χ1) is 11.7. The maximum absolute atomic E-state index is 11.9. The van der Waals surface area contributed by atoms with Gasteiger partial charge in [-0.05, 0) is 35.6 Å². The molecule has 0 unspecified atom stereocenters. The highest BCUT2D eigenvalue weighted by molar-refractivity contribution is 7.09. The van der Waals surface area contributed by atoms with Crippen molar-refractivity contribution in [1.82, 2.24) is 10.2 Å². The van der Waals surface area contributed by atoms with E-state index >= 15 is 0 Å². The molecule has 0 spiro atoms. The molecule has 1 saturated heterocycles. The molecule has 1 fully saturated rings. The van der Waals surface area contributed by atoms with Crippen molar-refractivity contribution in [1.29, 1.82) is 0 Å². The van der Waals surface area contributed by atoms with Crippen LogP contribution in [0, 0.1) is 0 Å². The summed E-state index contributed by atoms with van der Waals surface area (Å²) in [4.78, 5) is 26.3. The van der Waals surface area contributed by atoms with Crippen LogP contribution in [0.1, 0.15) is 10.4 Å². The zero-order chi connectivity index (χ0) is 16.8. The number of urea groups is 1. The summed E-state index contributed by atoms with van der Waals surface area (Å²) in [6.07, 6.45) is 0.530. The molecule has 0 saturated carbocycles. The maximum Gasteiger partial charge on any atom is 0.410 e. The minimum atomic E-state index is -0.292. The minimum absolute atomic E-state index is 0.232. The zero-order valence-electron chi connectivity index (χ0n) is 13.2. The third-order valence-electron chi connectivity index (χ3n) is 3.64. The summed E-state index contributed by atoms with van der Waals surface area (Å²) < 4.78 is 4.92. The fraction of sp³-hybridized carbons (Fsp3) is 0.294. The summed E-state index contributed by atoms with van der Waals surface area (Å²) in [7, 11) is 0. The van der Waals surface area contributed by atoms with Gasteiger partial charge in [-0.1, -0.05) is 18.2 Å². The zero-order valence-corrected chi connectivity index (χ0v) is 14.0. The lowest BCUT2D eigenvalue weighted by molar-refractivity contribution is 0.157. The van der Waals surface area contributed by atoms with Gasteiger partial charge in [-0.3, -0.25) is 0 Å². The lowest BCUT2D eigenvalue weighted by Gasteiger charge is -2.13. The van der Waals surface area contributed by atoms with Gasteiger partial charge in [-0.25, -0.2) is 9.59 Å². The van der Waals surface area contributed by atoms with Crippen LogP contribution in [-0.2, 0) is 17.7 Å². The molecule has 0 aliphatic carbocycles. The molecule has 126 valence electrons. The second-order valence-electron chi connectivity index (χ2n) is 5.45. The number of amides is 3. The quantitative estimate of drug-likeness (QED) is 0.845. The molecule has 3 rings (SSSR count). The van der Waals surface area contributed by atoms with Gasteiger partial charge in [0.25, 0.3) is 0 Å². The summed E-state index contributed by atoms with van der Waals surface area (Å²) in [5, 5.41) is 7.68. The van der Waals surface area contributed by atoms with Crippen LogP contribution in [-0.4, -0.2) is 36.7 Å². The number of nitrogens with one attached hydrogen (secondary N) is 2. The van der Waals surface area contributed by atoms with Crippen molar-refractivity contribution in [2.24, 2.45) is 0 Å². The molecule has 2 N–H and O–H groups in total. The van der Waals surface area contributed by atoms with E-state index in [1.54, 1.807) is 16.2 Å². The van der Waals surface area contributed by atoms with E-state index < -0.39 is 0 Å². The molecular weight excluding hydrogens is 326 g/mol. The number of cyclic esters (lactones) is 1. The Morgan fingerprint density at radius 2 is 2.21 bits per heavy atom. The van der Waals surface area contributed by atoms with Crippen LogP contribution in [0.4, 0.5) is 15.3 Å². The van der Waals surface area contributed by atoms with Gasteiger partial charge in [0.05, 0.1) is 6.54 Å². The van der Waals surface area contributed by atoms with Crippen molar-refractivity contribution in [2.75, 3.05) is 25.0 Å². The van der Waals surface area contributed by atoms with Gasteiger partial charge in [-0.2, -0.15) is 0 Å². The van der Waals surface area contributed by atoms with Crippen molar-refractivity contribution in [3.63, 3.8) is 0 Å². The van der Waals surface area contributed by atoms with Gasteiger partial charge in [-0.15, -0.1) is 11.3 Å². The van der Waals surface area contributed by atoms with E-state index in [1.165, 1.54) is 4.88 Å². The molecular formula is C17H19N3O3S. The van der Waals surface area contributed by atoms with Crippen molar-refractivity contribution >= 4 is 29.1 Å². The lowest BCUT2D eigenvalue weighted by atomic mass is 10.2. The number of carbonyl (C=O) groups excluding carboxylic acids is 2. The van der Waals surface area contributed by atoms with E-state index in [1.807, 2.05) is 35.7 Å². The van der Waals surface area contributed by atoms with E-state index in [9.17, 15) is 9.59 Å². The Kier molecular flexibility index (Phi) is 5.32. The normalized spacial score (nSPS) is 13.7. The summed E-state index contributed by atoms with van der Waals surface area (Å²) in [6, 6.07) is 11.3. The van der Waals surface area contributed by atoms with Crippen molar-refractivity contribution in [3.05, 3.63) is 52.2 Å². The highest BCUT2D eigenvalue weighted by atomic mass is 32.1. The summed E-state index contributed by atoms with van der Waals surface area (Å²) in [6.45, 7) is 2.10. The number of hydrogen-bond acceptors (Lipinski definition) is 4. The molecule has 1 aliphatic rings. The Morgan fingerprint density at radius 3 is 2.96 bits per heavy atom. The summed E-state index contributed by atoms with van der Waals surface area (Å²) in [5.41, 5.74) is 1.65. The smallest absolute Gasteiger partial charge is 0.410 e. The molecule has 1 aliphatic heterocycles. The molecule has 1 aromatic heterocycles. The number of ether oxygens (including phenoxy) is 1. The number of rotatable bonds is 6. The molecule has 2 heterocycles. The van der Waals surface area contributed by atoms with Crippen LogP contribution in [0.5, 0.6) is 0 Å². The van der Waals surface area contributed by atoms with Crippen molar-refractivity contribution in [3.8, 4) is 0 Å². The highest BCUT2D eigenvalue weighted by Gasteiger charge is 2.21.